The van der Waals surface area contributed by atoms with Crippen LogP contribution < -0.4 is 14.5 Å². The average molecular weight is 705 g/mol. The summed E-state index contributed by atoms with van der Waals surface area (Å²) < 4.78 is 7.35. The van der Waals surface area contributed by atoms with E-state index in [-0.39, 0.29) is 51.3 Å². The Morgan fingerprint density at radius 3 is 2.42 bits per heavy atom. The van der Waals surface area contributed by atoms with E-state index in [9.17, 15) is 24.5 Å². The van der Waals surface area contributed by atoms with Crippen molar-refractivity contribution >= 4 is 62.2 Å². The van der Waals surface area contributed by atoms with Crippen molar-refractivity contribution in [3.05, 3.63) is 113 Å². The Kier molecular flexibility index (Phi) is 6.81. The first-order chi connectivity index (χ1) is 21.7. The molecule has 8 rings (SSSR count). The van der Waals surface area contributed by atoms with Gasteiger partial charge in [0.05, 0.1) is 27.5 Å². The first-order valence-electron chi connectivity index (χ1n) is 14.7. The van der Waals surface area contributed by atoms with E-state index < -0.39 is 16.8 Å². The summed E-state index contributed by atoms with van der Waals surface area (Å²) in [6.07, 6.45) is 0.756. The van der Waals surface area contributed by atoms with Gasteiger partial charge < -0.3 is 9.72 Å². The summed E-state index contributed by atoms with van der Waals surface area (Å²) in [6, 6.07) is 19.8. The van der Waals surface area contributed by atoms with Crippen LogP contribution in [-0.2, 0) is 16.2 Å². The molecule has 9 nitrogen and oxygen atoms in total. The Hall–Kier alpha value is -3.74. The van der Waals surface area contributed by atoms with Crippen LogP contribution in [0.2, 0.25) is 0 Å². The van der Waals surface area contributed by atoms with E-state index in [1.165, 1.54) is 46.1 Å². The Labute approximate surface area is 274 Å². The van der Waals surface area contributed by atoms with Gasteiger partial charge in [-0.2, -0.15) is 0 Å². The van der Waals surface area contributed by atoms with Crippen molar-refractivity contribution < 1.29 is 19.2 Å². The van der Waals surface area contributed by atoms with Crippen LogP contribution in [0.3, 0.4) is 0 Å². The minimum absolute atomic E-state index is 0.00443. The number of nitro benzene ring substituents is 1. The van der Waals surface area contributed by atoms with Gasteiger partial charge in [-0.1, -0.05) is 57.1 Å². The van der Waals surface area contributed by atoms with Crippen molar-refractivity contribution in [1.82, 2.24) is 4.98 Å². The van der Waals surface area contributed by atoms with E-state index in [1.54, 1.807) is 11.8 Å². The number of ether oxygens (including phenoxy) is 1. The molecule has 4 aliphatic rings. The number of aromatic nitrogens is 1. The molecule has 3 heterocycles. The number of amides is 2. The fourth-order valence-electron chi connectivity index (χ4n) is 8.08. The van der Waals surface area contributed by atoms with Crippen LogP contribution in [0.5, 0.6) is 5.75 Å². The van der Waals surface area contributed by atoms with Gasteiger partial charge in [-0.3, -0.25) is 29.4 Å². The predicted molar refractivity (Wildman–Crippen MR) is 174 cm³/mol. The van der Waals surface area contributed by atoms with Crippen LogP contribution in [0.1, 0.15) is 33.9 Å². The molecule has 2 saturated carbocycles. The van der Waals surface area contributed by atoms with E-state index in [1.807, 2.05) is 31.2 Å². The van der Waals surface area contributed by atoms with E-state index >= 15 is 0 Å². The molecule has 45 heavy (non-hydrogen) atoms. The number of carbonyl (C=O) groups is 2. The van der Waals surface area contributed by atoms with Crippen LogP contribution in [0, 0.1) is 46.6 Å². The summed E-state index contributed by atoms with van der Waals surface area (Å²) in [7, 11) is 0. The first kappa shape index (κ1) is 28.7. The van der Waals surface area contributed by atoms with E-state index in [0.717, 1.165) is 37.7 Å². The van der Waals surface area contributed by atoms with Gasteiger partial charge >= 0.3 is 4.87 Å². The molecule has 7 atom stereocenters. The minimum Gasteiger partial charge on any atom is -0.489 e. The van der Waals surface area contributed by atoms with Gasteiger partial charge in [0.1, 0.15) is 12.4 Å². The summed E-state index contributed by atoms with van der Waals surface area (Å²) in [5.41, 5.74) is 3.43. The second kappa shape index (κ2) is 10.7. The molecule has 2 aliphatic heterocycles. The molecule has 1 saturated heterocycles. The number of carbonyl (C=O) groups excluding carboxylic acids is 2. The third kappa shape index (κ3) is 4.51. The molecule has 3 fully saturated rings. The monoisotopic (exact) mass is 703 g/mol. The number of halogens is 1. The molecule has 2 amide bonds. The Balaban J connectivity index is 1.18. The molecular formula is C33H26BrN3O6S2. The van der Waals surface area contributed by atoms with Gasteiger partial charge in [0.25, 0.3) is 5.69 Å². The highest BCUT2D eigenvalue weighted by molar-refractivity contribution is 9.10. The lowest BCUT2D eigenvalue weighted by Crippen LogP contribution is -2.42. The predicted octanol–water partition coefficient (Wildman–Crippen LogP) is 6.67. The van der Waals surface area contributed by atoms with Gasteiger partial charge in [0.15, 0.2) is 0 Å². The normalized spacial score (nSPS) is 27.8. The maximum absolute atomic E-state index is 14.1. The molecule has 4 aromatic rings. The van der Waals surface area contributed by atoms with E-state index in [4.69, 9.17) is 4.74 Å². The topological polar surface area (TPSA) is 123 Å². The zero-order valence-electron chi connectivity index (χ0n) is 23.8. The number of benzene rings is 3. The fourth-order valence-corrected chi connectivity index (χ4v) is 11.3. The quantitative estimate of drug-likeness (QED) is 0.135. The first-order valence-corrected chi connectivity index (χ1v) is 17.2. The molecule has 0 radical (unpaired) electrons. The summed E-state index contributed by atoms with van der Waals surface area (Å²) in [5, 5.41) is 12.0. The second-order valence-corrected chi connectivity index (χ2v) is 15.3. The number of rotatable bonds is 6. The van der Waals surface area contributed by atoms with Crippen molar-refractivity contribution in [2.24, 2.45) is 29.6 Å². The lowest BCUT2D eigenvalue weighted by molar-refractivity contribution is -0.384. The van der Waals surface area contributed by atoms with Crippen molar-refractivity contribution in [2.45, 2.75) is 36.1 Å². The number of thiazole rings is 1. The van der Waals surface area contributed by atoms with Crippen molar-refractivity contribution in [3.63, 3.8) is 0 Å². The number of nitrogens with zero attached hydrogens (tertiary/aromatic N) is 2. The van der Waals surface area contributed by atoms with E-state index in [0.29, 0.717) is 12.3 Å². The van der Waals surface area contributed by atoms with Gasteiger partial charge in [0, 0.05) is 38.2 Å². The highest BCUT2D eigenvalue weighted by atomic mass is 79.9. The number of non-ortho nitro benzene ring substituents is 1. The van der Waals surface area contributed by atoms with Gasteiger partial charge in [-0.15, -0.1) is 11.8 Å². The minimum atomic E-state index is -0.502. The van der Waals surface area contributed by atoms with Crippen LogP contribution in [0.4, 0.5) is 11.4 Å². The molecule has 3 aromatic carbocycles. The highest BCUT2D eigenvalue weighted by Crippen LogP contribution is 2.69. The van der Waals surface area contributed by atoms with Crippen LogP contribution in [0.25, 0.3) is 0 Å². The van der Waals surface area contributed by atoms with Crippen molar-refractivity contribution in [1.29, 1.82) is 0 Å². The summed E-state index contributed by atoms with van der Waals surface area (Å²) in [5.74, 6) is -1.02. The molecule has 1 aromatic heterocycles. The molecule has 0 spiro atoms. The second-order valence-electron chi connectivity index (χ2n) is 12.2. The highest BCUT2D eigenvalue weighted by Gasteiger charge is 2.69. The average Bonchev–Trinajstić information content (AvgIpc) is 3.76. The van der Waals surface area contributed by atoms with Crippen molar-refractivity contribution in [3.8, 4) is 5.75 Å². The number of aromatic amines is 1. The number of hydrogen-bond acceptors (Lipinski definition) is 8. The van der Waals surface area contributed by atoms with Gasteiger partial charge in [-0.05, 0) is 67.0 Å². The fraction of sp³-hybridized carbons (Fsp3) is 0.303. The molecule has 6 unspecified atom stereocenters. The standard InChI is InChI=1S/C33H26BrN3O6S2/c1-15-2-4-16(5-3-15)14-43-23-11-6-17(34)12-20(23)24-25-21-13-22(28(25)44-30-29(24)45-33(40)35-30)27-26(21)31(38)36(32(27)39)18-7-9-19(10-8-18)37(41)42/h2-12,21-22,24-28H,13-14H2,1H3,(H,35,40)/t21?,22?,24-,25?,26?,27?,28?/m1/s1. The van der Waals surface area contributed by atoms with Crippen molar-refractivity contribution in [2.75, 3.05) is 4.90 Å². The van der Waals surface area contributed by atoms with Gasteiger partial charge in [-0.25, -0.2) is 0 Å². The lowest BCUT2D eigenvalue weighted by Gasteiger charge is -2.43. The van der Waals surface area contributed by atoms with E-state index in [2.05, 4.69) is 39.1 Å². The third-order valence-corrected chi connectivity index (χ3v) is 12.9. The number of hydrogen-bond donors (Lipinski definition) is 1. The largest absolute Gasteiger partial charge is 0.489 e. The Bertz CT molecular complexity index is 1940. The molecule has 2 aliphatic carbocycles. The maximum Gasteiger partial charge on any atom is 0.305 e. The number of fused-ring (bicyclic) bond motifs is 9. The van der Waals surface area contributed by atoms with Crippen LogP contribution in [0.15, 0.2) is 81.0 Å². The number of H-pyrrole nitrogens is 1. The number of nitrogens with one attached hydrogen (secondary N) is 1. The number of nitro groups is 1. The van der Waals surface area contributed by atoms with Gasteiger partial charge in [0.2, 0.25) is 11.8 Å². The Morgan fingerprint density at radius 2 is 1.71 bits per heavy atom. The zero-order chi connectivity index (χ0) is 31.1. The Morgan fingerprint density at radius 1 is 1.00 bits per heavy atom. The smallest absolute Gasteiger partial charge is 0.305 e. The van der Waals surface area contributed by atoms with Crippen LogP contribution in [-0.4, -0.2) is 27.0 Å². The molecule has 1 N–H and O–H groups in total. The van der Waals surface area contributed by atoms with Crippen LogP contribution >= 0.6 is 39.0 Å². The molecule has 12 heteroatoms. The summed E-state index contributed by atoms with van der Waals surface area (Å²) in [4.78, 5) is 56.5. The number of imide groups is 1. The summed E-state index contributed by atoms with van der Waals surface area (Å²) in [6.45, 7) is 2.43. The third-order valence-electron chi connectivity index (χ3n) is 9.86. The SMILES string of the molecule is Cc1ccc(COc2ccc(Br)cc2[C@H]2c3sc(=O)[nH]c3SC3C4CC(C5C(=O)N(c6ccc([N+](=O)[O-])cc6)C(=O)C45)C32)cc1. The number of aryl methyl sites for hydroxylation is 1. The zero-order valence-corrected chi connectivity index (χ0v) is 27.1. The number of anilines is 1. The molecule has 228 valence electrons. The lowest BCUT2D eigenvalue weighted by atomic mass is 9.68. The number of thioether (sulfide) groups is 1. The summed E-state index contributed by atoms with van der Waals surface area (Å²) >= 11 is 6.50. The molecule has 2 bridgehead atoms. The maximum atomic E-state index is 14.1. The molecular weight excluding hydrogens is 678 g/mol.